The molecule has 0 spiro atoms. The Kier molecular flexibility index (Phi) is 3.38. The second-order valence-electron chi connectivity index (χ2n) is 4.25. The summed E-state index contributed by atoms with van der Waals surface area (Å²) < 4.78 is 29.2. The summed E-state index contributed by atoms with van der Waals surface area (Å²) in [6, 6.07) is -0.231. The number of hydrogen-bond donors (Lipinski definition) is 0. The summed E-state index contributed by atoms with van der Waals surface area (Å²) in [7, 11) is -2.99. The molecule has 0 aliphatic carbocycles. The van der Waals surface area contributed by atoms with Crippen LogP contribution in [0.4, 0.5) is 0 Å². The van der Waals surface area contributed by atoms with Crippen LogP contribution in [0.25, 0.3) is 0 Å². The van der Waals surface area contributed by atoms with Gasteiger partial charge in [0.25, 0.3) is 0 Å². The minimum absolute atomic E-state index is 0.0550. The van der Waals surface area contributed by atoms with Crippen molar-refractivity contribution in [3.8, 4) is 0 Å². The molecule has 1 unspecified atom stereocenters. The second-order valence-corrected chi connectivity index (χ2v) is 6.47. The largest absolute Gasteiger partial charge is 0.461 e. The Morgan fingerprint density at radius 1 is 1.56 bits per heavy atom. The molecule has 0 amide bonds. The fourth-order valence-electron chi connectivity index (χ4n) is 2.04. The van der Waals surface area contributed by atoms with E-state index in [-0.39, 0.29) is 29.8 Å². The van der Waals surface area contributed by atoms with E-state index in [9.17, 15) is 13.2 Å². The summed E-state index contributed by atoms with van der Waals surface area (Å²) in [5.41, 5.74) is 0.705. The molecular weight excluding hydrogens is 258 g/mol. The first-order valence-electron chi connectivity index (χ1n) is 5.74. The maximum absolute atomic E-state index is 11.6. The van der Waals surface area contributed by atoms with Gasteiger partial charge in [0.1, 0.15) is 0 Å². The van der Waals surface area contributed by atoms with Gasteiger partial charge in [-0.15, -0.1) is 5.10 Å². The molecule has 18 heavy (non-hydrogen) atoms. The highest BCUT2D eigenvalue weighted by Gasteiger charge is 2.32. The fraction of sp³-hybridized carbons (Fsp3) is 0.700. The smallest absolute Gasteiger partial charge is 0.360 e. The number of aromatic nitrogens is 3. The molecule has 0 bridgehead atoms. The van der Waals surface area contributed by atoms with Gasteiger partial charge in [-0.25, -0.2) is 17.9 Å². The first-order chi connectivity index (χ1) is 8.44. The highest BCUT2D eigenvalue weighted by atomic mass is 32.2. The van der Waals surface area contributed by atoms with Crippen LogP contribution in [0.2, 0.25) is 0 Å². The number of rotatable bonds is 3. The minimum Gasteiger partial charge on any atom is -0.461 e. The molecule has 1 aromatic rings. The SMILES string of the molecule is CCOC(=O)c1nnn(C2CCS(=O)(=O)C2)c1C. The molecule has 0 radical (unpaired) electrons. The van der Waals surface area contributed by atoms with Gasteiger partial charge in [0.05, 0.1) is 29.8 Å². The molecular formula is C10H15N3O4S. The van der Waals surface area contributed by atoms with Crippen LogP contribution in [0.1, 0.15) is 35.6 Å². The van der Waals surface area contributed by atoms with Gasteiger partial charge in [0.15, 0.2) is 15.5 Å². The van der Waals surface area contributed by atoms with Gasteiger partial charge in [-0.2, -0.15) is 0 Å². The molecule has 1 atom stereocenters. The molecule has 0 N–H and O–H groups in total. The Balaban J connectivity index is 2.24. The van der Waals surface area contributed by atoms with Crippen LogP contribution in [0, 0.1) is 6.92 Å². The Morgan fingerprint density at radius 3 is 2.83 bits per heavy atom. The molecule has 7 nitrogen and oxygen atoms in total. The van der Waals surface area contributed by atoms with E-state index in [1.54, 1.807) is 13.8 Å². The molecule has 1 aliphatic rings. The standard InChI is InChI=1S/C10H15N3O4S/c1-3-17-10(14)9-7(2)13(12-11-9)8-4-5-18(15,16)6-8/h8H,3-6H2,1-2H3. The van der Waals surface area contributed by atoms with Gasteiger partial charge in [-0.1, -0.05) is 5.21 Å². The zero-order valence-electron chi connectivity index (χ0n) is 10.3. The van der Waals surface area contributed by atoms with Crippen LogP contribution >= 0.6 is 0 Å². The van der Waals surface area contributed by atoms with Crippen molar-refractivity contribution < 1.29 is 17.9 Å². The topological polar surface area (TPSA) is 91.2 Å². The van der Waals surface area contributed by atoms with Gasteiger partial charge < -0.3 is 4.74 Å². The van der Waals surface area contributed by atoms with Crippen molar-refractivity contribution in [2.24, 2.45) is 0 Å². The number of esters is 1. The van der Waals surface area contributed by atoms with E-state index in [1.165, 1.54) is 4.68 Å². The van der Waals surface area contributed by atoms with Crippen molar-refractivity contribution >= 4 is 15.8 Å². The lowest BCUT2D eigenvalue weighted by atomic mass is 10.2. The zero-order chi connectivity index (χ0) is 13.3. The molecule has 8 heteroatoms. The van der Waals surface area contributed by atoms with E-state index in [0.717, 1.165) is 0 Å². The lowest BCUT2D eigenvalue weighted by Gasteiger charge is -2.09. The number of ether oxygens (including phenoxy) is 1. The third-order valence-electron chi connectivity index (χ3n) is 2.95. The van der Waals surface area contributed by atoms with E-state index in [1.807, 2.05) is 0 Å². The lowest BCUT2D eigenvalue weighted by Crippen LogP contribution is -2.15. The molecule has 1 aliphatic heterocycles. The molecule has 2 heterocycles. The quantitative estimate of drug-likeness (QED) is 0.727. The average molecular weight is 273 g/mol. The first kappa shape index (κ1) is 13.0. The first-order valence-corrected chi connectivity index (χ1v) is 7.56. The highest BCUT2D eigenvalue weighted by Crippen LogP contribution is 2.24. The molecule has 1 fully saturated rings. The van der Waals surface area contributed by atoms with E-state index >= 15 is 0 Å². The van der Waals surface area contributed by atoms with Crippen LogP contribution in [-0.4, -0.2) is 47.5 Å². The van der Waals surface area contributed by atoms with Crippen LogP contribution < -0.4 is 0 Å². The Labute approximate surface area is 105 Å². The monoisotopic (exact) mass is 273 g/mol. The van der Waals surface area contributed by atoms with Gasteiger partial charge in [-0.3, -0.25) is 0 Å². The number of carbonyl (C=O) groups excluding carboxylic acids is 1. The van der Waals surface area contributed by atoms with Crippen LogP contribution in [0.5, 0.6) is 0 Å². The highest BCUT2D eigenvalue weighted by molar-refractivity contribution is 7.91. The predicted octanol–water partition coefficient (Wildman–Crippen LogP) is 0.123. The third kappa shape index (κ3) is 2.38. The van der Waals surface area contributed by atoms with Crippen LogP contribution in [0.3, 0.4) is 0 Å². The van der Waals surface area contributed by atoms with Crippen molar-refractivity contribution in [1.29, 1.82) is 0 Å². The predicted molar refractivity (Wildman–Crippen MR) is 63.0 cm³/mol. The average Bonchev–Trinajstić information content (AvgIpc) is 2.82. The van der Waals surface area contributed by atoms with E-state index in [0.29, 0.717) is 12.1 Å². The minimum atomic E-state index is -2.99. The van der Waals surface area contributed by atoms with Crippen molar-refractivity contribution in [2.45, 2.75) is 26.3 Å². The normalized spacial score (nSPS) is 22.0. The molecule has 0 saturated carbocycles. The molecule has 100 valence electrons. The van der Waals surface area contributed by atoms with Gasteiger partial charge >= 0.3 is 5.97 Å². The maximum atomic E-state index is 11.6. The number of nitrogens with zero attached hydrogens (tertiary/aromatic N) is 3. The summed E-state index contributed by atoms with van der Waals surface area (Å²) in [6.07, 6.45) is 0.509. The number of carbonyl (C=O) groups is 1. The van der Waals surface area contributed by atoms with Crippen molar-refractivity contribution in [2.75, 3.05) is 18.1 Å². The Morgan fingerprint density at radius 2 is 2.28 bits per heavy atom. The zero-order valence-corrected chi connectivity index (χ0v) is 11.1. The van der Waals surface area contributed by atoms with Crippen LogP contribution in [0.15, 0.2) is 0 Å². The number of hydrogen-bond acceptors (Lipinski definition) is 6. The van der Waals surface area contributed by atoms with E-state index < -0.39 is 15.8 Å². The van der Waals surface area contributed by atoms with Gasteiger partial charge in [0, 0.05) is 0 Å². The van der Waals surface area contributed by atoms with Crippen LogP contribution in [-0.2, 0) is 14.6 Å². The summed E-state index contributed by atoms with van der Waals surface area (Å²) >= 11 is 0. The van der Waals surface area contributed by atoms with Gasteiger partial charge in [-0.05, 0) is 20.3 Å². The summed E-state index contributed by atoms with van der Waals surface area (Å²) in [6.45, 7) is 3.67. The second kappa shape index (κ2) is 4.68. The molecule has 1 saturated heterocycles. The summed E-state index contributed by atoms with van der Waals surface area (Å²) in [5.74, 6) is -0.312. The van der Waals surface area contributed by atoms with Crippen molar-refractivity contribution in [3.05, 3.63) is 11.4 Å². The third-order valence-corrected chi connectivity index (χ3v) is 4.70. The van der Waals surface area contributed by atoms with Crippen molar-refractivity contribution in [3.63, 3.8) is 0 Å². The lowest BCUT2D eigenvalue weighted by molar-refractivity contribution is 0.0518. The Hall–Kier alpha value is -1.44. The van der Waals surface area contributed by atoms with Crippen molar-refractivity contribution in [1.82, 2.24) is 15.0 Å². The fourth-order valence-corrected chi connectivity index (χ4v) is 3.74. The molecule has 1 aromatic heterocycles. The maximum Gasteiger partial charge on any atom is 0.360 e. The molecule has 0 aromatic carbocycles. The number of sulfone groups is 1. The van der Waals surface area contributed by atoms with E-state index in [4.69, 9.17) is 4.74 Å². The Bertz CT molecular complexity index is 564. The van der Waals surface area contributed by atoms with E-state index in [2.05, 4.69) is 10.3 Å². The summed E-state index contributed by atoms with van der Waals surface area (Å²) in [5, 5.41) is 7.64. The summed E-state index contributed by atoms with van der Waals surface area (Å²) in [4.78, 5) is 11.6. The van der Waals surface area contributed by atoms with Gasteiger partial charge in [0.2, 0.25) is 0 Å². The molecule has 2 rings (SSSR count).